The largest absolute Gasteiger partial charge is 0.368 e. The van der Waals surface area contributed by atoms with Gasteiger partial charge >= 0.3 is 0 Å². The number of aryl methyl sites for hydroxylation is 1. The summed E-state index contributed by atoms with van der Waals surface area (Å²) in [6.07, 6.45) is 2.59. The molecule has 3 rings (SSSR count). The van der Waals surface area contributed by atoms with E-state index in [1.165, 1.54) is 12.1 Å². The summed E-state index contributed by atoms with van der Waals surface area (Å²) in [4.78, 5) is 2.39. The molecule has 2 atom stereocenters. The second kappa shape index (κ2) is 6.54. The van der Waals surface area contributed by atoms with E-state index in [1.807, 2.05) is 23.7 Å². The summed E-state index contributed by atoms with van der Waals surface area (Å²) >= 11 is 0. The molecule has 1 aromatic carbocycles. The second-order valence-electron chi connectivity index (χ2n) is 5.63. The first-order valence-electron chi connectivity index (χ1n) is 7.64. The van der Waals surface area contributed by atoms with Crippen molar-refractivity contribution in [3.63, 3.8) is 0 Å². The zero-order chi connectivity index (χ0) is 15.5. The van der Waals surface area contributed by atoms with Gasteiger partial charge in [0, 0.05) is 26.2 Å². The summed E-state index contributed by atoms with van der Waals surface area (Å²) in [5.74, 6) is 0.649. The molecule has 0 aliphatic carbocycles. The summed E-state index contributed by atoms with van der Waals surface area (Å²) in [6.45, 7) is 4.45. The van der Waals surface area contributed by atoms with Crippen LogP contribution in [0.15, 0.2) is 30.6 Å². The number of benzene rings is 1. The molecule has 1 aromatic heterocycles. The van der Waals surface area contributed by atoms with E-state index in [1.54, 1.807) is 6.33 Å². The zero-order valence-electron chi connectivity index (χ0n) is 12.9. The van der Waals surface area contributed by atoms with Gasteiger partial charge in [0.05, 0.1) is 6.61 Å². The molecule has 0 spiro atoms. The van der Waals surface area contributed by atoms with Crippen LogP contribution < -0.4 is 0 Å². The highest BCUT2D eigenvalue weighted by Gasteiger charge is 2.29. The SMILES string of the molecule is CC[C@@H](c1ccc(F)cc1)N1CCO[C@@H](c2nncn2C)C1. The van der Waals surface area contributed by atoms with Crippen molar-refractivity contribution in [3.05, 3.63) is 47.8 Å². The molecule has 22 heavy (non-hydrogen) atoms. The highest BCUT2D eigenvalue weighted by molar-refractivity contribution is 5.20. The third kappa shape index (κ3) is 3.03. The molecule has 0 unspecified atom stereocenters. The maximum absolute atomic E-state index is 13.1. The monoisotopic (exact) mass is 304 g/mol. The topological polar surface area (TPSA) is 43.2 Å². The van der Waals surface area contributed by atoms with Gasteiger partial charge in [0.2, 0.25) is 0 Å². The quantitative estimate of drug-likeness (QED) is 0.870. The van der Waals surface area contributed by atoms with Crippen LogP contribution in [-0.4, -0.2) is 39.4 Å². The van der Waals surface area contributed by atoms with Gasteiger partial charge in [0.15, 0.2) is 5.82 Å². The van der Waals surface area contributed by atoms with Crippen LogP contribution in [0, 0.1) is 5.82 Å². The molecule has 1 fully saturated rings. The van der Waals surface area contributed by atoms with E-state index in [2.05, 4.69) is 22.0 Å². The third-order valence-corrected chi connectivity index (χ3v) is 4.21. The van der Waals surface area contributed by atoms with E-state index < -0.39 is 0 Å². The van der Waals surface area contributed by atoms with Gasteiger partial charge in [-0.25, -0.2) is 4.39 Å². The molecule has 2 aromatic rings. The maximum Gasteiger partial charge on any atom is 0.163 e. The molecule has 1 saturated heterocycles. The summed E-state index contributed by atoms with van der Waals surface area (Å²) < 4.78 is 20.9. The van der Waals surface area contributed by atoms with Gasteiger partial charge in [-0.15, -0.1) is 10.2 Å². The highest BCUT2D eigenvalue weighted by atomic mass is 19.1. The van der Waals surface area contributed by atoms with Crippen LogP contribution in [-0.2, 0) is 11.8 Å². The Hall–Kier alpha value is -1.79. The lowest BCUT2D eigenvalue weighted by Gasteiger charge is -2.37. The number of morpholine rings is 1. The normalized spacial score (nSPS) is 21.0. The first-order valence-corrected chi connectivity index (χ1v) is 7.64. The number of aromatic nitrogens is 3. The van der Waals surface area contributed by atoms with Crippen molar-refractivity contribution in [1.29, 1.82) is 0 Å². The van der Waals surface area contributed by atoms with E-state index in [0.29, 0.717) is 6.61 Å². The molecular formula is C16H21FN4O. The molecule has 5 nitrogen and oxygen atoms in total. The fourth-order valence-corrected chi connectivity index (χ4v) is 3.08. The standard InChI is InChI=1S/C16H21FN4O/c1-3-14(12-4-6-13(17)7-5-12)21-8-9-22-15(10-21)16-19-18-11-20(16)2/h4-7,11,14-15H,3,8-10H2,1-2H3/t14-,15+/m0/s1. The molecule has 2 heterocycles. The molecule has 6 heteroatoms. The van der Waals surface area contributed by atoms with Crippen LogP contribution in [0.5, 0.6) is 0 Å². The number of nitrogens with zero attached hydrogens (tertiary/aromatic N) is 4. The van der Waals surface area contributed by atoms with Gasteiger partial charge in [0.25, 0.3) is 0 Å². The Balaban J connectivity index is 1.77. The van der Waals surface area contributed by atoms with E-state index in [0.717, 1.165) is 30.9 Å². The molecule has 118 valence electrons. The number of ether oxygens (including phenoxy) is 1. The molecule has 0 radical (unpaired) electrons. The number of rotatable bonds is 4. The van der Waals surface area contributed by atoms with Gasteiger partial charge in [-0.2, -0.15) is 0 Å². The Bertz CT molecular complexity index is 613. The Morgan fingerprint density at radius 2 is 2.14 bits per heavy atom. The van der Waals surface area contributed by atoms with Gasteiger partial charge in [-0.05, 0) is 24.1 Å². The van der Waals surface area contributed by atoms with Crippen LogP contribution in [0.25, 0.3) is 0 Å². The summed E-state index contributed by atoms with van der Waals surface area (Å²) in [7, 11) is 1.93. The summed E-state index contributed by atoms with van der Waals surface area (Å²) in [6, 6.07) is 7.06. The van der Waals surface area contributed by atoms with Gasteiger partial charge in [-0.3, -0.25) is 4.90 Å². The fourth-order valence-electron chi connectivity index (χ4n) is 3.08. The van der Waals surface area contributed by atoms with Gasteiger partial charge < -0.3 is 9.30 Å². The Morgan fingerprint density at radius 3 is 2.77 bits per heavy atom. The van der Waals surface area contributed by atoms with Crippen molar-refractivity contribution in [1.82, 2.24) is 19.7 Å². The Morgan fingerprint density at radius 1 is 1.36 bits per heavy atom. The van der Waals surface area contributed by atoms with Crippen molar-refractivity contribution < 1.29 is 9.13 Å². The second-order valence-corrected chi connectivity index (χ2v) is 5.63. The smallest absolute Gasteiger partial charge is 0.163 e. The lowest BCUT2D eigenvalue weighted by atomic mass is 10.0. The highest BCUT2D eigenvalue weighted by Crippen LogP contribution is 2.30. The first kappa shape index (κ1) is 15.1. The van der Waals surface area contributed by atoms with E-state index in [9.17, 15) is 4.39 Å². The predicted octanol–water partition coefficient (Wildman–Crippen LogP) is 2.48. The van der Waals surface area contributed by atoms with Crippen LogP contribution in [0.1, 0.15) is 36.9 Å². The average molecular weight is 304 g/mol. The zero-order valence-corrected chi connectivity index (χ0v) is 12.9. The van der Waals surface area contributed by atoms with Gasteiger partial charge in [-0.1, -0.05) is 19.1 Å². The molecule has 0 bridgehead atoms. The molecular weight excluding hydrogens is 283 g/mol. The Kier molecular flexibility index (Phi) is 4.49. The number of hydrogen-bond acceptors (Lipinski definition) is 4. The molecule has 0 N–H and O–H groups in total. The van der Waals surface area contributed by atoms with Crippen LogP contribution in [0.4, 0.5) is 4.39 Å². The van der Waals surface area contributed by atoms with Crippen molar-refractivity contribution in [3.8, 4) is 0 Å². The summed E-state index contributed by atoms with van der Waals surface area (Å²) in [5, 5.41) is 8.08. The Labute approximate surface area is 129 Å². The van der Waals surface area contributed by atoms with Crippen molar-refractivity contribution in [2.45, 2.75) is 25.5 Å². The maximum atomic E-state index is 13.1. The van der Waals surface area contributed by atoms with E-state index in [4.69, 9.17) is 4.74 Å². The first-order chi connectivity index (χ1) is 10.7. The summed E-state index contributed by atoms with van der Waals surface area (Å²) in [5.41, 5.74) is 1.14. The predicted molar refractivity (Wildman–Crippen MR) is 80.7 cm³/mol. The lowest BCUT2D eigenvalue weighted by molar-refractivity contribution is -0.0513. The van der Waals surface area contributed by atoms with Crippen LogP contribution >= 0.6 is 0 Å². The minimum absolute atomic E-state index is 0.0734. The molecule has 1 aliphatic rings. The van der Waals surface area contributed by atoms with Crippen molar-refractivity contribution in [2.24, 2.45) is 7.05 Å². The number of hydrogen-bond donors (Lipinski definition) is 0. The fraction of sp³-hybridized carbons (Fsp3) is 0.500. The third-order valence-electron chi connectivity index (χ3n) is 4.21. The van der Waals surface area contributed by atoms with Crippen molar-refractivity contribution in [2.75, 3.05) is 19.7 Å². The minimum Gasteiger partial charge on any atom is -0.368 e. The lowest BCUT2D eigenvalue weighted by Crippen LogP contribution is -2.41. The van der Waals surface area contributed by atoms with Crippen LogP contribution in [0.3, 0.4) is 0 Å². The molecule has 0 saturated carbocycles. The molecule has 0 amide bonds. The van der Waals surface area contributed by atoms with Crippen molar-refractivity contribution >= 4 is 0 Å². The van der Waals surface area contributed by atoms with E-state index in [-0.39, 0.29) is 18.0 Å². The van der Waals surface area contributed by atoms with E-state index >= 15 is 0 Å². The number of halogens is 1. The average Bonchev–Trinajstić information content (AvgIpc) is 2.96. The van der Waals surface area contributed by atoms with Crippen LogP contribution in [0.2, 0.25) is 0 Å². The minimum atomic E-state index is -0.197. The molecule has 1 aliphatic heterocycles. The van der Waals surface area contributed by atoms with Gasteiger partial charge in [0.1, 0.15) is 18.2 Å².